The van der Waals surface area contributed by atoms with Gasteiger partial charge in [0.25, 0.3) is 0 Å². The molecule has 6 heteroatoms. The van der Waals surface area contributed by atoms with Crippen LogP contribution in [0.4, 0.5) is 0 Å². The lowest BCUT2D eigenvalue weighted by Crippen LogP contribution is -2.49. The number of carbonyl (C=O) groups excluding carboxylic acids is 1. The molecule has 3 atom stereocenters. The summed E-state index contributed by atoms with van der Waals surface area (Å²) < 4.78 is 17.7. The summed E-state index contributed by atoms with van der Waals surface area (Å²) in [5, 5.41) is 10.4. The number of rotatable bonds is 7. The van der Waals surface area contributed by atoms with Gasteiger partial charge >= 0.3 is 5.97 Å². The van der Waals surface area contributed by atoms with E-state index in [2.05, 4.69) is 33.9 Å². The average molecular weight is 391 g/mol. The predicted molar refractivity (Wildman–Crippen MR) is 107 cm³/mol. The second-order valence-electron chi connectivity index (χ2n) is 8.29. The van der Waals surface area contributed by atoms with Gasteiger partial charge < -0.3 is 18.7 Å². The lowest BCUT2D eigenvalue weighted by Gasteiger charge is -2.41. The summed E-state index contributed by atoms with van der Waals surface area (Å²) in [6.45, 7) is 12.2. The second kappa shape index (κ2) is 8.42. The first kappa shape index (κ1) is 21.4. The number of hydrogen-bond donors (Lipinski definition) is 1. The number of benzene rings is 1. The van der Waals surface area contributed by atoms with Crippen molar-refractivity contribution in [2.24, 2.45) is 0 Å². The van der Waals surface area contributed by atoms with E-state index in [1.165, 1.54) is 6.26 Å². The van der Waals surface area contributed by atoms with Crippen LogP contribution in [0, 0.1) is 0 Å². The lowest BCUT2D eigenvalue weighted by atomic mass is 10.1. The minimum atomic E-state index is -2.23. The predicted octanol–water partition coefficient (Wildman–Crippen LogP) is 4.95. The van der Waals surface area contributed by atoms with Gasteiger partial charge in [0.2, 0.25) is 0 Å². The largest absolute Gasteiger partial charge is 0.465 e. The molecule has 0 radical (unpaired) electrons. The van der Waals surface area contributed by atoms with Gasteiger partial charge in [0.05, 0.1) is 17.9 Å². The molecule has 0 aliphatic heterocycles. The standard InChI is InChI=1S/C21H30O5Si/c1-15(22)18(26-27(5,6)21(2,3)4)19(17-13-10-14-24-17)25-20(23)16-11-8-7-9-12-16/h7-15,18-19,22H,1-6H3/t15-,18-,19+/m1/s1. The van der Waals surface area contributed by atoms with E-state index < -0.39 is 32.6 Å². The highest BCUT2D eigenvalue weighted by molar-refractivity contribution is 6.74. The van der Waals surface area contributed by atoms with Crippen LogP contribution in [0.5, 0.6) is 0 Å². The minimum Gasteiger partial charge on any atom is -0.465 e. The monoisotopic (exact) mass is 390 g/mol. The van der Waals surface area contributed by atoms with Crippen molar-refractivity contribution in [3.05, 3.63) is 60.1 Å². The molecule has 0 saturated carbocycles. The van der Waals surface area contributed by atoms with Crippen molar-refractivity contribution in [3.8, 4) is 0 Å². The topological polar surface area (TPSA) is 68.9 Å². The van der Waals surface area contributed by atoms with E-state index in [1.807, 2.05) is 6.07 Å². The van der Waals surface area contributed by atoms with Gasteiger partial charge in [0.15, 0.2) is 14.4 Å². The fourth-order valence-electron chi connectivity index (χ4n) is 2.43. The number of carbonyl (C=O) groups is 1. The van der Waals surface area contributed by atoms with Crippen molar-refractivity contribution in [2.45, 2.75) is 64.1 Å². The molecule has 0 spiro atoms. The van der Waals surface area contributed by atoms with Crippen molar-refractivity contribution in [1.82, 2.24) is 0 Å². The third-order valence-electron chi connectivity index (χ3n) is 5.08. The van der Waals surface area contributed by atoms with Gasteiger partial charge in [-0.2, -0.15) is 0 Å². The van der Waals surface area contributed by atoms with E-state index in [0.29, 0.717) is 11.3 Å². The van der Waals surface area contributed by atoms with Crippen molar-refractivity contribution in [2.75, 3.05) is 0 Å². The molecule has 0 aliphatic rings. The Kier molecular flexibility index (Phi) is 6.67. The highest BCUT2D eigenvalue weighted by Crippen LogP contribution is 2.40. The van der Waals surface area contributed by atoms with Crippen LogP contribution >= 0.6 is 0 Å². The number of hydrogen-bond acceptors (Lipinski definition) is 5. The van der Waals surface area contributed by atoms with Crippen molar-refractivity contribution in [3.63, 3.8) is 0 Å². The molecule has 1 aromatic carbocycles. The number of aliphatic hydroxyl groups is 1. The minimum absolute atomic E-state index is 0.0582. The maximum Gasteiger partial charge on any atom is 0.338 e. The molecule has 27 heavy (non-hydrogen) atoms. The van der Waals surface area contributed by atoms with Crippen LogP contribution in [0.1, 0.15) is 49.9 Å². The molecule has 0 fully saturated rings. The molecule has 5 nitrogen and oxygen atoms in total. The summed E-state index contributed by atoms with van der Waals surface area (Å²) in [6.07, 6.45) is -0.909. The summed E-state index contributed by atoms with van der Waals surface area (Å²) >= 11 is 0. The van der Waals surface area contributed by atoms with Gasteiger partial charge in [0.1, 0.15) is 11.9 Å². The zero-order valence-electron chi connectivity index (χ0n) is 16.9. The zero-order valence-corrected chi connectivity index (χ0v) is 17.9. The van der Waals surface area contributed by atoms with Gasteiger partial charge in [-0.3, -0.25) is 0 Å². The molecule has 0 amide bonds. The third-order valence-corrected chi connectivity index (χ3v) is 9.55. The van der Waals surface area contributed by atoms with Crippen LogP contribution in [-0.4, -0.2) is 31.6 Å². The van der Waals surface area contributed by atoms with E-state index in [1.54, 1.807) is 43.3 Å². The molecule has 0 aliphatic carbocycles. The quantitative estimate of drug-likeness (QED) is 0.535. The maximum atomic E-state index is 12.7. The molecule has 0 bridgehead atoms. The molecule has 1 heterocycles. The van der Waals surface area contributed by atoms with E-state index in [9.17, 15) is 9.90 Å². The zero-order chi connectivity index (χ0) is 20.2. The number of esters is 1. The average Bonchev–Trinajstić information content (AvgIpc) is 3.11. The van der Waals surface area contributed by atoms with E-state index in [-0.39, 0.29) is 5.04 Å². The summed E-state index contributed by atoms with van der Waals surface area (Å²) in [4.78, 5) is 12.7. The summed E-state index contributed by atoms with van der Waals surface area (Å²) in [5.41, 5.74) is 0.436. The highest BCUT2D eigenvalue weighted by Gasteiger charge is 2.44. The molecule has 1 aromatic heterocycles. The van der Waals surface area contributed by atoms with Crippen molar-refractivity contribution >= 4 is 14.3 Å². The Labute approximate surface area is 162 Å². The van der Waals surface area contributed by atoms with Crippen LogP contribution in [0.25, 0.3) is 0 Å². The molecule has 2 aromatic rings. The van der Waals surface area contributed by atoms with Gasteiger partial charge in [-0.25, -0.2) is 4.79 Å². The van der Waals surface area contributed by atoms with Gasteiger partial charge in [0, 0.05) is 0 Å². The molecule has 0 saturated heterocycles. The summed E-state index contributed by atoms with van der Waals surface area (Å²) in [5.74, 6) is -0.0367. The molecule has 148 valence electrons. The van der Waals surface area contributed by atoms with E-state index in [0.717, 1.165) is 0 Å². The maximum absolute atomic E-state index is 12.7. The Bertz CT molecular complexity index is 717. The molecule has 1 N–H and O–H groups in total. The normalized spacial score (nSPS) is 15.8. The summed E-state index contributed by atoms with van der Waals surface area (Å²) in [7, 11) is -2.23. The van der Waals surface area contributed by atoms with Crippen molar-refractivity contribution in [1.29, 1.82) is 0 Å². The Hall–Kier alpha value is -1.89. The number of furan rings is 1. The van der Waals surface area contributed by atoms with E-state index in [4.69, 9.17) is 13.6 Å². The molecular formula is C21H30O5Si. The Morgan fingerprint density at radius 3 is 2.22 bits per heavy atom. The third kappa shape index (κ3) is 5.31. The van der Waals surface area contributed by atoms with E-state index >= 15 is 0 Å². The van der Waals surface area contributed by atoms with Crippen molar-refractivity contribution < 1.29 is 23.5 Å². The highest BCUT2D eigenvalue weighted by atomic mass is 28.4. The fourth-order valence-corrected chi connectivity index (χ4v) is 3.78. The first-order valence-electron chi connectivity index (χ1n) is 9.18. The summed E-state index contributed by atoms with van der Waals surface area (Å²) in [6, 6.07) is 12.2. The van der Waals surface area contributed by atoms with Crippen LogP contribution in [0.3, 0.4) is 0 Å². The smallest absolute Gasteiger partial charge is 0.338 e. The van der Waals surface area contributed by atoms with Crippen LogP contribution < -0.4 is 0 Å². The van der Waals surface area contributed by atoms with Gasteiger partial charge in [-0.05, 0) is 49.3 Å². The molecule has 0 unspecified atom stereocenters. The second-order valence-corrected chi connectivity index (χ2v) is 13.0. The van der Waals surface area contributed by atoms with Crippen LogP contribution in [-0.2, 0) is 9.16 Å². The van der Waals surface area contributed by atoms with Gasteiger partial charge in [-0.15, -0.1) is 0 Å². The number of aliphatic hydroxyl groups excluding tert-OH is 1. The Morgan fingerprint density at radius 2 is 1.74 bits per heavy atom. The first-order valence-corrected chi connectivity index (χ1v) is 12.1. The number of ether oxygens (including phenoxy) is 1. The molecular weight excluding hydrogens is 360 g/mol. The van der Waals surface area contributed by atoms with Crippen LogP contribution in [0.2, 0.25) is 18.1 Å². The Morgan fingerprint density at radius 1 is 1.11 bits per heavy atom. The first-order chi connectivity index (χ1) is 12.5. The fraction of sp³-hybridized carbons (Fsp3) is 0.476. The van der Waals surface area contributed by atoms with Gasteiger partial charge in [-0.1, -0.05) is 39.0 Å². The SMILES string of the molecule is C[C@@H](O)[C@@H](O[Si](C)(C)C(C)(C)C)[C@@H](OC(=O)c1ccccc1)c1ccco1. The van der Waals surface area contributed by atoms with Crippen LogP contribution in [0.15, 0.2) is 53.1 Å². The molecule has 2 rings (SSSR count). The Balaban J connectivity index is 2.34. The lowest BCUT2D eigenvalue weighted by molar-refractivity contribution is -0.0662.